The van der Waals surface area contributed by atoms with Crippen LogP contribution < -0.4 is 10.6 Å². The van der Waals surface area contributed by atoms with Gasteiger partial charge < -0.3 is 15.4 Å². The Morgan fingerprint density at radius 2 is 1.90 bits per heavy atom. The second-order valence-corrected chi connectivity index (χ2v) is 8.84. The minimum absolute atomic E-state index is 0.0312. The molecule has 0 bridgehead atoms. The van der Waals surface area contributed by atoms with E-state index in [1.165, 1.54) is 17.9 Å². The van der Waals surface area contributed by atoms with Gasteiger partial charge >= 0.3 is 6.18 Å². The number of anilines is 1. The average molecular weight is 580 g/mol. The lowest BCUT2D eigenvalue weighted by atomic mass is 10.1. The smallest absolute Gasteiger partial charge is 0.376 e. The van der Waals surface area contributed by atoms with E-state index in [-0.39, 0.29) is 24.5 Å². The number of ether oxygens (including phenoxy) is 1. The average Bonchev–Trinajstić information content (AvgIpc) is 3.36. The molecule has 41 heavy (non-hydrogen) atoms. The predicted octanol–water partition coefficient (Wildman–Crippen LogP) is 4.05. The molecule has 216 valence electrons. The molecule has 0 spiro atoms. The molecule has 3 aromatic rings. The topological polar surface area (TPSA) is 111 Å². The van der Waals surface area contributed by atoms with Crippen molar-refractivity contribution in [3.05, 3.63) is 76.4 Å². The Morgan fingerprint density at radius 3 is 2.56 bits per heavy atom. The van der Waals surface area contributed by atoms with Gasteiger partial charge in [0.05, 0.1) is 37.0 Å². The second-order valence-electron chi connectivity index (χ2n) is 8.84. The van der Waals surface area contributed by atoms with Gasteiger partial charge in [0.1, 0.15) is 41.8 Å². The molecule has 0 atom stereocenters. The number of halogens is 6. The van der Waals surface area contributed by atoms with Crippen molar-refractivity contribution in [2.45, 2.75) is 25.6 Å². The molecule has 1 amide bonds. The third-order valence-corrected chi connectivity index (χ3v) is 6.02. The quantitative estimate of drug-likeness (QED) is 0.180. The molecule has 0 aliphatic carbocycles. The van der Waals surface area contributed by atoms with Gasteiger partial charge in [0.2, 0.25) is 5.91 Å². The summed E-state index contributed by atoms with van der Waals surface area (Å²) in [5.74, 6) is -4.41. The SMILES string of the molecule is CN=C(Cn1cc(-c2c(F)cc(NC(=O)Cc3cccc(C(F)(F)F)c3F)cc2F)nn1)NC1=C(C=O)COCC1. The summed E-state index contributed by atoms with van der Waals surface area (Å²) >= 11 is 0. The van der Waals surface area contributed by atoms with Crippen LogP contribution in [0.5, 0.6) is 0 Å². The molecule has 2 N–H and O–H groups in total. The van der Waals surface area contributed by atoms with E-state index in [1.54, 1.807) is 0 Å². The van der Waals surface area contributed by atoms with Crippen molar-refractivity contribution in [1.82, 2.24) is 20.3 Å². The molecule has 4 rings (SSSR count). The van der Waals surface area contributed by atoms with Gasteiger partial charge in [0, 0.05) is 30.4 Å². The van der Waals surface area contributed by atoms with Crippen molar-refractivity contribution in [1.29, 1.82) is 0 Å². The van der Waals surface area contributed by atoms with Gasteiger partial charge in [-0.1, -0.05) is 17.3 Å². The first-order valence-electron chi connectivity index (χ1n) is 12.0. The Labute approximate surface area is 228 Å². The van der Waals surface area contributed by atoms with E-state index in [9.17, 15) is 35.9 Å². The number of nitrogens with one attached hydrogen (secondary N) is 2. The Hall–Kier alpha value is -4.53. The van der Waals surface area contributed by atoms with Crippen LogP contribution in [-0.4, -0.2) is 53.3 Å². The Morgan fingerprint density at radius 1 is 1.17 bits per heavy atom. The van der Waals surface area contributed by atoms with Crippen LogP contribution in [0, 0.1) is 17.5 Å². The number of hydrogen-bond acceptors (Lipinski definition) is 6. The molecule has 15 heteroatoms. The molecule has 0 saturated carbocycles. The van der Waals surface area contributed by atoms with Crippen LogP contribution in [0.4, 0.5) is 32.0 Å². The number of nitrogens with zero attached hydrogens (tertiary/aromatic N) is 4. The minimum atomic E-state index is -4.95. The zero-order valence-corrected chi connectivity index (χ0v) is 21.4. The highest BCUT2D eigenvalue weighted by Crippen LogP contribution is 2.33. The van der Waals surface area contributed by atoms with Gasteiger partial charge in [-0.05, 0) is 23.8 Å². The summed E-state index contributed by atoms with van der Waals surface area (Å²) in [5, 5.41) is 12.9. The molecular formula is C26H22F6N6O3. The van der Waals surface area contributed by atoms with Gasteiger partial charge in [-0.2, -0.15) is 13.2 Å². The van der Waals surface area contributed by atoms with Crippen molar-refractivity contribution >= 4 is 23.7 Å². The lowest BCUT2D eigenvalue weighted by molar-refractivity contribution is -0.140. The van der Waals surface area contributed by atoms with Crippen LogP contribution in [0.2, 0.25) is 0 Å². The highest BCUT2D eigenvalue weighted by Gasteiger charge is 2.35. The highest BCUT2D eigenvalue weighted by atomic mass is 19.4. The summed E-state index contributed by atoms with van der Waals surface area (Å²) in [7, 11) is 1.51. The minimum Gasteiger partial charge on any atom is -0.376 e. The lowest BCUT2D eigenvalue weighted by Crippen LogP contribution is -2.31. The van der Waals surface area contributed by atoms with E-state index in [1.807, 2.05) is 0 Å². The molecule has 1 aliphatic heterocycles. The summed E-state index contributed by atoms with van der Waals surface area (Å²) in [5.41, 5.74) is -2.04. The fourth-order valence-corrected chi connectivity index (χ4v) is 4.04. The number of hydrogen-bond donors (Lipinski definition) is 2. The molecule has 0 unspecified atom stereocenters. The van der Waals surface area contributed by atoms with Crippen LogP contribution in [0.25, 0.3) is 11.3 Å². The zero-order valence-electron chi connectivity index (χ0n) is 21.4. The Kier molecular flexibility index (Phi) is 8.86. The number of alkyl halides is 3. The monoisotopic (exact) mass is 580 g/mol. The van der Waals surface area contributed by atoms with E-state index < -0.39 is 52.6 Å². The summed E-state index contributed by atoms with van der Waals surface area (Å²) < 4.78 is 89.3. The van der Waals surface area contributed by atoms with Gasteiger partial charge in [-0.3, -0.25) is 14.6 Å². The molecule has 9 nitrogen and oxygen atoms in total. The van der Waals surface area contributed by atoms with Gasteiger partial charge in [-0.15, -0.1) is 5.10 Å². The van der Waals surface area contributed by atoms with Crippen molar-refractivity contribution in [3.8, 4) is 11.3 Å². The Balaban J connectivity index is 1.46. The van der Waals surface area contributed by atoms with Crippen molar-refractivity contribution in [2.75, 3.05) is 25.6 Å². The number of aliphatic imine (C=N–C) groups is 1. The first kappa shape index (κ1) is 29.5. The maximum absolute atomic E-state index is 14.9. The summed E-state index contributed by atoms with van der Waals surface area (Å²) in [6, 6.07) is 4.07. The fraction of sp³-hybridized carbons (Fsp3) is 0.269. The molecular weight excluding hydrogens is 558 g/mol. The number of amides is 1. The third kappa shape index (κ3) is 6.98. The molecule has 0 saturated heterocycles. The first-order valence-corrected chi connectivity index (χ1v) is 12.0. The van der Waals surface area contributed by atoms with Crippen LogP contribution in [0.15, 0.2) is 52.8 Å². The van der Waals surface area contributed by atoms with Crippen LogP contribution in [0.1, 0.15) is 17.5 Å². The standard InChI is InChI=1S/C26H22F6N6O3/c1-33-22(35-20-5-6-41-13-15(20)12-39)11-38-10-21(36-37-38)24-18(27)8-16(9-19(24)28)34-23(40)7-14-3-2-4-17(25(14)29)26(30,31)32/h2-4,8-10,12H,5-7,11,13H2,1H3,(H,33,35)(H,34,40). The highest BCUT2D eigenvalue weighted by molar-refractivity contribution is 5.92. The molecule has 1 aromatic heterocycles. The van der Waals surface area contributed by atoms with Gasteiger partial charge in [0.25, 0.3) is 0 Å². The number of benzene rings is 2. The third-order valence-electron chi connectivity index (χ3n) is 6.02. The van der Waals surface area contributed by atoms with Crippen LogP contribution >= 0.6 is 0 Å². The second kappa shape index (κ2) is 12.3. The van der Waals surface area contributed by atoms with E-state index in [0.717, 1.165) is 24.3 Å². The van der Waals surface area contributed by atoms with Gasteiger partial charge in [-0.25, -0.2) is 17.9 Å². The number of rotatable bonds is 8. The molecule has 2 heterocycles. The van der Waals surface area contributed by atoms with Crippen LogP contribution in [-0.2, 0) is 33.5 Å². The lowest BCUT2D eigenvalue weighted by Gasteiger charge is -2.19. The van der Waals surface area contributed by atoms with Crippen LogP contribution in [0.3, 0.4) is 0 Å². The van der Waals surface area contributed by atoms with E-state index in [2.05, 4.69) is 25.9 Å². The predicted molar refractivity (Wildman–Crippen MR) is 134 cm³/mol. The van der Waals surface area contributed by atoms with E-state index >= 15 is 0 Å². The molecule has 2 aromatic carbocycles. The first-order chi connectivity index (χ1) is 19.5. The van der Waals surface area contributed by atoms with Gasteiger partial charge in [0.15, 0.2) is 0 Å². The maximum atomic E-state index is 14.9. The number of aldehydes is 1. The van der Waals surface area contributed by atoms with E-state index in [4.69, 9.17) is 4.74 Å². The summed E-state index contributed by atoms with van der Waals surface area (Å²) in [4.78, 5) is 27.7. The summed E-state index contributed by atoms with van der Waals surface area (Å²) in [6.07, 6.45) is -3.34. The summed E-state index contributed by atoms with van der Waals surface area (Å²) in [6.45, 7) is 0.609. The number of aromatic nitrogens is 3. The largest absolute Gasteiger partial charge is 0.419 e. The van der Waals surface area contributed by atoms with E-state index in [0.29, 0.717) is 42.5 Å². The van der Waals surface area contributed by atoms with Crippen molar-refractivity contribution in [2.24, 2.45) is 4.99 Å². The number of carbonyl (C=O) groups excluding carboxylic acids is 2. The zero-order chi connectivity index (χ0) is 29.7. The Bertz CT molecular complexity index is 1510. The fourth-order valence-electron chi connectivity index (χ4n) is 4.04. The molecule has 1 aliphatic rings. The van der Waals surface area contributed by atoms with Crippen molar-refractivity contribution in [3.63, 3.8) is 0 Å². The molecule has 0 radical (unpaired) electrons. The maximum Gasteiger partial charge on any atom is 0.419 e. The van der Waals surface area contributed by atoms with Crippen molar-refractivity contribution < 1.29 is 40.7 Å². The normalized spacial score (nSPS) is 14.3. The molecule has 0 fully saturated rings. The number of carbonyl (C=O) groups is 2. The number of amidine groups is 1.